The van der Waals surface area contributed by atoms with Crippen LogP contribution in [0.5, 0.6) is 11.5 Å². The molecule has 146 valence electrons. The zero-order valence-corrected chi connectivity index (χ0v) is 16.2. The van der Waals surface area contributed by atoms with Crippen LogP contribution in [0, 0.1) is 0 Å². The van der Waals surface area contributed by atoms with E-state index in [1.165, 1.54) is 0 Å². The molecule has 2 aromatic carbocycles. The molecule has 0 fully saturated rings. The number of hydrogen-bond donors (Lipinski definition) is 1. The smallest absolute Gasteiger partial charge is 0.253 e. The van der Waals surface area contributed by atoms with E-state index in [0.29, 0.717) is 23.8 Å². The third-order valence-corrected chi connectivity index (χ3v) is 4.35. The van der Waals surface area contributed by atoms with Gasteiger partial charge in [-0.2, -0.15) is 5.10 Å². The van der Waals surface area contributed by atoms with Crippen LogP contribution in [0.25, 0.3) is 0 Å². The Balaban J connectivity index is 1.89. The summed E-state index contributed by atoms with van der Waals surface area (Å²) >= 11 is 0. The Kier molecular flexibility index (Phi) is 6.68. The molecule has 0 saturated carbocycles. The fraction of sp³-hybridized carbons (Fsp3) is 0.273. The highest BCUT2D eigenvalue weighted by Gasteiger charge is 2.24. The van der Waals surface area contributed by atoms with Gasteiger partial charge in [0.2, 0.25) is 0 Å². The van der Waals surface area contributed by atoms with E-state index in [1.807, 2.05) is 42.5 Å². The Hall–Kier alpha value is -3.28. The molecule has 1 N–H and O–H groups in total. The van der Waals surface area contributed by atoms with Crippen molar-refractivity contribution in [2.45, 2.75) is 25.8 Å². The van der Waals surface area contributed by atoms with Gasteiger partial charge in [0.25, 0.3) is 5.91 Å². The maximum absolute atomic E-state index is 13.2. The predicted molar refractivity (Wildman–Crippen MR) is 109 cm³/mol. The maximum Gasteiger partial charge on any atom is 0.253 e. The minimum atomic E-state index is -0.592. The summed E-state index contributed by atoms with van der Waals surface area (Å²) in [4.78, 5) is 13.2. The lowest BCUT2D eigenvalue weighted by atomic mass is 10.1. The number of nitrogens with zero attached hydrogens (tertiary/aromatic N) is 2. The van der Waals surface area contributed by atoms with E-state index in [2.05, 4.69) is 17.3 Å². The van der Waals surface area contributed by atoms with Crippen molar-refractivity contribution in [2.24, 2.45) is 0 Å². The SMILES string of the molecule is CCCCOc1ccc(OC)cc1NC(=O)C(c1ccccc1)n1cccn1. The average molecular weight is 379 g/mol. The lowest BCUT2D eigenvalue weighted by Gasteiger charge is -2.19. The molecule has 1 unspecified atom stereocenters. The fourth-order valence-electron chi connectivity index (χ4n) is 2.88. The number of amides is 1. The quantitative estimate of drug-likeness (QED) is 0.563. The number of carbonyl (C=O) groups is 1. The fourth-order valence-corrected chi connectivity index (χ4v) is 2.88. The second kappa shape index (κ2) is 9.60. The van der Waals surface area contributed by atoms with Crippen LogP contribution in [0.2, 0.25) is 0 Å². The number of rotatable bonds is 9. The largest absolute Gasteiger partial charge is 0.497 e. The Morgan fingerprint density at radius 3 is 2.68 bits per heavy atom. The van der Waals surface area contributed by atoms with Gasteiger partial charge in [-0.15, -0.1) is 0 Å². The molecule has 1 heterocycles. The summed E-state index contributed by atoms with van der Waals surface area (Å²) in [6, 6.07) is 16.2. The first-order valence-electron chi connectivity index (χ1n) is 9.38. The van der Waals surface area contributed by atoms with Crippen molar-refractivity contribution in [3.8, 4) is 11.5 Å². The first-order valence-corrected chi connectivity index (χ1v) is 9.38. The van der Waals surface area contributed by atoms with Gasteiger partial charge in [-0.25, -0.2) is 0 Å². The Morgan fingerprint density at radius 2 is 2.00 bits per heavy atom. The number of methoxy groups -OCH3 is 1. The molecule has 0 aliphatic carbocycles. The summed E-state index contributed by atoms with van der Waals surface area (Å²) in [5.74, 6) is 1.06. The van der Waals surface area contributed by atoms with Crippen molar-refractivity contribution in [2.75, 3.05) is 19.0 Å². The highest BCUT2D eigenvalue weighted by Crippen LogP contribution is 2.31. The molecule has 3 aromatic rings. The number of aromatic nitrogens is 2. The van der Waals surface area contributed by atoms with Gasteiger partial charge in [0.15, 0.2) is 6.04 Å². The lowest BCUT2D eigenvalue weighted by Crippen LogP contribution is -2.27. The van der Waals surface area contributed by atoms with Crippen LogP contribution in [0.3, 0.4) is 0 Å². The Bertz CT molecular complexity index is 879. The third-order valence-electron chi connectivity index (χ3n) is 4.35. The van der Waals surface area contributed by atoms with Crippen LogP contribution < -0.4 is 14.8 Å². The Labute approximate surface area is 165 Å². The molecular formula is C22H25N3O3. The number of nitrogens with one attached hydrogen (secondary N) is 1. The normalized spacial score (nSPS) is 11.6. The first-order chi connectivity index (χ1) is 13.7. The number of hydrogen-bond acceptors (Lipinski definition) is 4. The zero-order chi connectivity index (χ0) is 19.8. The molecule has 1 amide bonds. The number of benzene rings is 2. The number of unbranched alkanes of at least 4 members (excludes halogenated alkanes) is 1. The van der Waals surface area contributed by atoms with E-state index in [1.54, 1.807) is 36.3 Å². The highest BCUT2D eigenvalue weighted by atomic mass is 16.5. The summed E-state index contributed by atoms with van der Waals surface area (Å²) in [6.07, 6.45) is 5.42. The first kappa shape index (κ1) is 19.5. The summed E-state index contributed by atoms with van der Waals surface area (Å²) in [6.45, 7) is 2.70. The van der Waals surface area contributed by atoms with Gasteiger partial charge in [-0.05, 0) is 30.2 Å². The molecule has 6 heteroatoms. The van der Waals surface area contributed by atoms with E-state index < -0.39 is 6.04 Å². The van der Waals surface area contributed by atoms with E-state index in [-0.39, 0.29) is 5.91 Å². The Morgan fingerprint density at radius 1 is 1.18 bits per heavy atom. The standard InChI is InChI=1S/C22H25N3O3/c1-3-4-15-28-20-12-11-18(27-2)16-19(20)24-22(26)21(25-14-8-13-23-25)17-9-6-5-7-10-17/h5-14,16,21H,3-4,15H2,1-2H3,(H,24,26). The van der Waals surface area contributed by atoms with E-state index in [4.69, 9.17) is 9.47 Å². The minimum Gasteiger partial charge on any atom is -0.497 e. The molecule has 0 bridgehead atoms. The van der Waals surface area contributed by atoms with E-state index >= 15 is 0 Å². The molecule has 0 aliphatic heterocycles. The van der Waals surface area contributed by atoms with Gasteiger partial charge in [-0.3, -0.25) is 9.48 Å². The van der Waals surface area contributed by atoms with Crippen LogP contribution in [0.15, 0.2) is 67.0 Å². The van der Waals surface area contributed by atoms with E-state index in [9.17, 15) is 4.79 Å². The predicted octanol–water partition coefficient (Wildman–Crippen LogP) is 4.30. The summed E-state index contributed by atoms with van der Waals surface area (Å²) in [7, 11) is 1.59. The lowest BCUT2D eigenvalue weighted by molar-refractivity contribution is -0.118. The second-order valence-corrected chi connectivity index (χ2v) is 6.35. The molecule has 6 nitrogen and oxygen atoms in total. The highest BCUT2D eigenvalue weighted by molar-refractivity contribution is 5.97. The average Bonchev–Trinajstić information content (AvgIpc) is 3.24. The topological polar surface area (TPSA) is 65.4 Å². The van der Waals surface area contributed by atoms with Crippen molar-refractivity contribution in [1.29, 1.82) is 0 Å². The summed E-state index contributed by atoms with van der Waals surface area (Å²) in [5.41, 5.74) is 1.42. The molecule has 28 heavy (non-hydrogen) atoms. The molecule has 0 aliphatic rings. The maximum atomic E-state index is 13.2. The van der Waals surface area contributed by atoms with Gasteiger partial charge in [0.1, 0.15) is 11.5 Å². The second-order valence-electron chi connectivity index (χ2n) is 6.35. The van der Waals surface area contributed by atoms with Gasteiger partial charge in [0.05, 0.1) is 19.4 Å². The van der Waals surface area contributed by atoms with Crippen LogP contribution in [0.1, 0.15) is 31.4 Å². The third kappa shape index (κ3) is 4.71. The molecule has 3 rings (SSSR count). The minimum absolute atomic E-state index is 0.205. The monoisotopic (exact) mass is 379 g/mol. The van der Waals surface area contributed by atoms with Crippen molar-refractivity contribution < 1.29 is 14.3 Å². The van der Waals surface area contributed by atoms with Crippen LogP contribution >= 0.6 is 0 Å². The number of ether oxygens (including phenoxy) is 2. The van der Waals surface area contributed by atoms with Crippen molar-refractivity contribution in [3.63, 3.8) is 0 Å². The van der Waals surface area contributed by atoms with Crippen molar-refractivity contribution >= 4 is 11.6 Å². The molecule has 1 aromatic heterocycles. The van der Waals surface area contributed by atoms with Crippen molar-refractivity contribution in [3.05, 3.63) is 72.6 Å². The van der Waals surface area contributed by atoms with Gasteiger partial charge in [-0.1, -0.05) is 43.7 Å². The summed E-state index contributed by atoms with van der Waals surface area (Å²) in [5, 5.41) is 7.27. The van der Waals surface area contributed by atoms with Gasteiger partial charge >= 0.3 is 0 Å². The number of anilines is 1. The van der Waals surface area contributed by atoms with Crippen LogP contribution in [0.4, 0.5) is 5.69 Å². The molecular weight excluding hydrogens is 354 g/mol. The molecule has 0 saturated heterocycles. The van der Waals surface area contributed by atoms with Crippen molar-refractivity contribution in [1.82, 2.24) is 9.78 Å². The molecule has 1 atom stereocenters. The van der Waals surface area contributed by atoms with Gasteiger partial charge < -0.3 is 14.8 Å². The molecule has 0 radical (unpaired) electrons. The van der Waals surface area contributed by atoms with Crippen LogP contribution in [-0.4, -0.2) is 29.4 Å². The van der Waals surface area contributed by atoms with E-state index in [0.717, 1.165) is 18.4 Å². The summed E-state index contributed by atoms with van der Waals surface area (Å²) < 4.78 is 12.8. The van der Waals surface area contributed by atoms with Crippen LogP contribution in [-0.2, 0) is 4.79 Å². The number of carbonyl (C=O) groups excluding carboxylic acids is 1. The molecule has 0 spiro atoms. The van der Waals surface area contributed by atoms with Gasteiger partial charge in [0, 0.05) is 18.5 Å². The zero-order valence-electron chi connectivity index (χ0n) is 16.2.